The summed E-state index contributed by atoms with van der Waals surface area (Å²) in [5.74, 6) is -0.539. The van der Waals surface area contributed by atoms with Crippen molar-refractivity contribution in [2.75, 3.05) is 11.1 Å². The Bertz CT molecular complexity index is 722. The standard InChI is InChI=1S/C14H11BrN4O/c15-10-3-1-9(7-16)13(6-10)19-12-4-2-8(14(18)20)5-11(12)17/h1-6,19H,17H2,(H2,18,20). The highest BCUT2D eigenvalue weighted by Crippen LogP contribution is 2.28. The van der Waals surface area contributed by atoms with Crippen molar-refractivity contribution in [2.45, 2.75) is 0 Å². The molecule has 0 aliphatic rings. The third-order valence-electron chi connectivity index (χ3n) is 2.71. The lowest BCUT2D eigenvalue weighted by molar-refractivity contribution is 0.100. The second kappa shape index (κ2) is 5.63. The number of carbonyl (C=O) groups is 1. The van der Waals surface area contributed by atoms with E-state index < -0.39 is 5.91 Å². The Labute approximate surface area is 124 Å². The van der Waals surface area contributed by atoms with Crippen molar-refractivity contribution in [2.24, 2.45) is 5.73 Å². The number of nitrogen functional groups attached to an aromatic ring is 1. The molecule has 0 atom stereocenters. The van der Waals surface area contributed by atoms with Crippen LogP contribution >= 0.6 is 15.9 Å². The quantitative estimate of drug-likeness (QED) is 0.752. The zero-order valence-corrected chi connectivity index (χ0v) is 11.9. The molecular weight excluding hydrogens is 320 g/mol. The van der Waals surface area contributed by atoms with Crippen LogP contribution in [0.2, 0.25) is 0 Å². The van der Waals surface area contributed by atoms with Gasteiger partial charge in [0.25, 0.3) is 0 Å². The van der Waals surface area contributed by atoms with Gasteiger partial charge in [-0.25, -0.2) is 0 Å². The predicted molar refractivity (Wildman–Crippen MR) is 81.5 cm³/mol. The van der Waals surface area contributed by atoms with Gasteiger partial charge in [0.2, 0.25) is 5.91 Å². The van der Waals surface area contributed by atoms with Crippen molar-refractivity contribution in [3.05, 3.63) is 52.0 Å². The fraction of sp³-hybridized carbons (Fsp3) is 0. The van der Waals surface area contributed by atoms with Crippen LogP contribution in [-0.4, -0.2) is 5.91 Å². The summed E-state index contributed by atoms with van der Waals surface area (Å²) in [5, 5.41) is 12.1. The lowest BCUT2D eigenvalue weighted by atomic mass is 10.1. The molecule has 0 radical (unpaired) electrons. The van der Waals surface area contributed by atoms with Crippen LogP contribution in [0.25, 0.3) is 0 Å². The number of nitrogens with zero attached hydrogens (tertiary/aromatic N) is 1. The minimum atomic E-state index is -0.539. The fourth-order valence-electron chi connectivity index (χ4n) is 1.69. The molecule has 0 unspecified atom stereocenters. The van der Waals surface area contributed by atoms with Crippen molar-refractivity contribution in [3.8, 4) is 6.07 Å². The van der Waals surface area contributed by atoms with E-state index in [2.05, 4.69) is 27.3 Å². The molecule has 0 heterocycles. The second-order valence-corrected chi connectivity index (χ2v) is 5.01. The van der Waals surface area contributed by atoms with E-state index >= 15 is 0 Å². The molecule has 0 bridgehead atoms. The van der Waals surface area contributed by atoms with E-state index in [1.807, 2.05) is 0 Å². The van der Waals surface area contributed by atoms with Gasteiger partial charge in [0.1, 0.15) is 6.07 Å². The van der Waals surface area contributed by atoms with E-state index in [-0.39, 0.29) is 0 Å². The molecule has 0 saturated heterocycles. The number of nitrogens with two attached hydrogens (primary N) is 2. The van der Waals surface area contributed by atoms with Crippen molar-refractivity contribution in [1.29, 1.82) is 5.26 Å². The molecule has 100 valence electrons. The Morgan fingerprint density at radius 1 is 1.20 bits per heavy atom. The molecule has 0 aliphatic carbocycles. The number of halogens is 1. The van der Waals surface area contributed by atoms with Crippen LogP contribution in [0.3, 0.4) is 0 Å². The van der Waals surface area contributed by atoms with Crippen LogP contribution in [0.5, 0.6) is 0 Å². The van der Waals surface area contributed by atoms with Crippen LogP contribution < -0.4 is 16.8 Å². The van der Waals surface area contributed by atoms with E-state index in [1.165, 1.54) is 6.07 Å². The van der Waals surface area contributed by atoms with E-state index in [0.29, 0.717) is 28.2 Å². The summed E-state index contributed by atoms with van der Waals surface area (Å²) in [7, 11) is 0. The highest BCUT2D eigenvalue weighted by molar-refractivity contribution is 9.10. The Morgan fingerprint density at radius 3 is 2.55 bits per heavy atom. The number of anilines is 3. The number of carbonyl (C=O) groups excluding carboxylic acids is 1. The summed E-state index contributed by atoms with van der Waals surface area (Å²) in [6.45, 7) is 0. The lowest BCUT2D eigenvalue weighted by Crippen LogP contribution is -2.11. The molecule has 5 nitrogen and oxygen atoms in total. The topological polar surface area (TPSA) is 105 Å². The van der Waals surface area contributed by atoms with E-state index in [0.717, 1.165) is 4.47 Å². The number of hydrogen-bond donors (Lipinski definition) is 3. The largest absolute Gasteiger partial charge is 0.397 e. The van der Waals surface area contributed by atoms with Gasteiger partial charge in [-0.1, -0.05) is 15.9 Å². The van der Waals surface area contributed by atoms with E-state index in [1.54, 1.807) is 30.3 Å². The third-order valence-corrected chi connectivity index (χ3v) is 3.20. The van der Waals surface area contributed by atoms with Crippen LogP contribution in [0.4, 0.5) is 17.1 Å². The SMILES string of the molecule is N#Cc1ccc(Br)cc1Nc1ccc(C(N)=O)cc1N. The molecule has 1 amide bonds. The average Bonchev–Trinajstić information content (AvgIpc) is 2.41. The van der Waals surface area contributed by atoms with Crippen LogP contribution in [-0.2, 0) is 0 Å². The first-order valence-electron chi connectivity index (χ1n) is 5.67. The molecule has 5 N–H and O–H groups in total. The maximum atomic E-state index is 11.1. The number of primary amides is 1. The van der Waals surface area contributed by atoms with Gasteiger partial charge in [-0.3, -0.25) is 4.79 Å². The minimum absolute atomic E-state index is 0.336. The highest BCUT2D eigenvalue weighted by atomic mass is 79.9. The first-order chi connectivity index (χ1) is 9.51. The molecule has 20 heavy (non-hydrogen) atoms. The van der Waals surface area contributed by atoms with Crippen molar-refractivity contribution < 1.29 is 4.79 Å². The predicted octanol–water partition coefficient (Wildman–Crippen LogP) is 2.75. The monoisotopic (exact) mass is 330 g/mol. The molecule has 0 saturated carbocycles. The molecule has 0 spiro atoms. The van der Waals surface area contributed by atoms with Gasteiger partial charge in [0.15, 0.2) is 0 Å². The molecule has 0 aliphatic heterocycles. The fourth-order valence-corrected chi connectivity index (χ4v) is 2.05. The number of benzene rings is 2. The Balaban J connectivity index is 2.38. The van der Waals surface area contributed by atoms with Crippen molar-refractivity contribution in [3.63, 3.8) is 0 Å². The Kier molecular flexibility index (Phi) is 3.91. The number of rotatable bonds is 3. The first kappa shape index (κ1) is 13.9. The lowest BCUT2D eigenvalue weighted by Gasteiger charge is -2.11. The number of amides is 1. The van der Waals surface area contributed by atoms with Gasteiger partial charge >= 0.3 is 0 Å². The summed E-state index contributed by atoms with van der Waals surface area (Å²) in [4.78, 5) is 11.1. The summed E-state index contributed by atoms with van der Waals surface area (Å²) in [5.41, 5.74) is 13.5. The summed E-state index contributed by atoms with van der Waals surface area (Å²) in [6.07, 6.45) is 0. The summed E-state index contributed by atoms with van der Waals surface area (Å²) < 4.78 is 0.839. The highest BCUT2D eigenvalue weighted by Gasteiger charge is 2.08. The third kappa shape index (κ3) is 2.90. The van der Waals surface area contributed by atoms with Crippen molar-refractivity contribution >= 4 is 38.9 Å². The minimum Gasteiger partial charge on any atom is -0.397 e. The van der Waals surface area contributed by atoms with Gasteiger partial charge in [0, 0.05) is 10.0 Å². The van der Waals surface area contributed by atoms with Crippen LogP contribution in [0.1, 0.15) is 15.9 Å². The normalized spacial score (nSPS) is 9.80. The van der Waals surface area contributed by atoms with Gasteiger partial charge in [-0.05, 0) is 36.4 Å². The number of hydrogen-bond acceptors (Lipinski definition) is 4. The molecule has 6 heteroatoms. The van der Waals surface area contributed by atoms with E-state index in [4.69, 9.17) is 16.7 Å². The Hall–Kier alpha value is -2.52. The van der Waals surface area contributed by atoms with Crippen molar-refractivity contribution in [1.82, 2.24) is 0 Å². The van der Waals surface area contributed by atoms with Crippen LogP contribution in [0, 0.1) is 11.3 Å². The molecule has 2 aromatic rings. The molecule has 0 fully saturated rings. The second-order valence-electron chi connectivity index (χ2n) is 4.09. The van der Waals surface area contributed by atoms with Gasteiger partial charge < -0.3 is 16.8 Å². The number of nitriles is 1. The maximum absolute atomic E-state index is 11.1. The smallest absolute Gasteiger partial charge is 0.248 e. The summed E-state index contributed by atoms with van der Waals surface area (Å²) >= 11 is 3.35. The molecule has 0 aromatic heterocycles. The Morgan fingerprint density at radius 2 is 1.95 bits per heavy atom. The van der Waals surface area contributed by atoms with Gasteiger partial charge in [0.05, 0.1) is 22.6 Å². The zero-order chi connectivity index (χ0) is 14.7. The van der Waals surface area contributed by atoms with Gasteiger partial charge in [-0.15, -0.1) is 0 Å². The first-order valence-corrected chi connectivity index (χ1v) is 6.46. The maximum Gasteiger partial charge on any atom is 0.248 e. The molecule has 2 aromatic carbocycles. The summed E-state index contributed by atoms with van der Waals surface area (Å²) in [6, 6.07) is 12.1. The van der Waals surface area contributed by atoms with E-state index in [9.17, 15) is 4.79 Å². The average molecular weight is 331 g/mol. The molecular formula is C14H11BrN4O. The van der Waals surface area contributed by atoms with Crippen LogP contribution in [0.15, 0.2) is 40.9 Å². The molecule has 2 rings (SSSR count). The van der Waals surface area contributed by atoms with Gasteiger partial charge in [-0.2, -0.15) is 5.26 Å². The number of nitrogens with one attached hydrogen (secondary N) is 1. The zero-order valence-electron chi connectivity index (χ0n) is 10.4.